The molecule has 0 N–H and O–H groups in total. The van der Waals surface area contributed by atoms with Gasteiger partial charge in [-0.1, -0.05) is 66.8 Å². The van der Waals surface area contributed by atoms with Crippen molar-refractivity contribution >= 4 is 5.78 Å². The predicted octanol–water partition coefficient (Wildman–Crippen LogP) is 3.17. The third kappa shape index (κ3) is 2.32. The first-order valence-corrected chi connectivity index (χ1v) is 4.99. The summed E-state index contributed by atoms with van der Waals surface area (Å²) in [5.74, 6) is 0.00852. The van der Waals surface area contributed by atoms with Crippen molar-refractivity contribution in [1.82, 2.24) is 0 Å². The number of rotatable bonds is 2. The predicted molar refractivity (Wildman–Crippen MR) is 61.7 cm³/mol. The molecule has 1 aromatic carbocycles. The van der Waals surface area contributed by atoms with Gasteiger partial charge < -0.3 is 0 Å². The normalized spacial score (nSPS) is 15.2. The molecule has 0 fully saturated rings. The number of hydrogen-bond acceptors (Lipinski definition) is 1. The van der Waals surface area contributed by atoms with Gasteiger partial charge in [0.15, 0.2) is 5.78 Å². The molecule has 1 aromatic rings. The van der Waals surface area contributed by atoms with Crippen LogP contribution in [0.25, 0.3) is 0 Å². The molecule has 0 saturated carbocycles. The van der Waals surface area contributed by atoms with E-state index in [0.29, 0.717) is 0 Å². The molecule has 15 heavy (non-hydrogen) atoms. The highest BCUT2D eigenvalue weighted by Gasteiger charge is 2.13. The summed E-state index contributed by atoms with van der Waals surface area (Å²) >= 11 is 0. The second-order valence-electron chi connectivity index (χ2n) is 3.41. The van der Waals surface area contributed by atoms with Crippen LogP contribution in [0.2, 0.25) is 0 Å². The van der Waals surface area contributed by atoms with E-state index >= 15 is 0 Å². The van der Waals surface area contributed by atoms with Crippen LogP contribution in [0.15, 0.2) is 66.8 Å². The van der Waals surface area contributed by atoms with E-state index in [1.54, 1.807) is 0 Å². The quantitative estimate of drug-likeness (QED) is 0.664. The molecule has 0 amide bonds. The molecule has 0 bridgehead atoms. The summed E-state index contributed by atoms with van der Waals surface area (Å²) in [6, 6.07) is 9.38. The average Bonchev–Trinajstić information content (AvgIpc) is 2.58. The molecule has 1 aliphatic rings. The lowest BCUT2D eigenvalue weighted by Gasteiger charge is -2.05. The lowest BCUT2D eigenvalue weighted by molar-refractivity contribution is 0.0965. The van der Waals surface area contributed by atoms with Gasteiger partial charge in [0.25, 0.3) is 0 Å². The number of hydrogen-bond donors (Lipinski definition) is 0. The molecule has 1 nitrogen and oxygen atoms in total. The zero-order chi connectivity index (χ0) is 10.5. The molecule has 0 aliphatic heterocycles. The third-order valence-corrected chi connectivity index (χ3v) is 2.33. The van der Waals surface area contributed by atoms with Gasteiger partial charge in [0, 0.05) is 5.56 Å². The summed E-state index contributed by atoms with van der Waals surface area (Å²) in [6.07, 6.45) is 11.5. The summed E-state index contributed by atoms with van der Waals surface area (Å²) in [4.78, 5) is 12.0. The van der Waals surface area contributed by atoms with Gasteiger partial charge in [0.05, 0.1) is 5.92 Å². The minimum Gasteiger partial charge on any atom is -0.293 e. The second-order valence-corrected chi connectivity index (χ2v) is 3.41. The summed E-state index contributed by atoms with van der Waals surface area (Å²) in [5.41, 5.74) is 0.763. The van der Waals surface area contributed by atoms with Gasteiger partial charge in [-0.15, -0.1) is 0 Å². The van der Waals surface area contributed by atoms with Gasteiger partial charge in [-0.25, -0.2) is 0 Å². The van der Waals surface area contributed by atoms with Gasteiger partial charge in [-0.3, -0.25) is 4.79 Å². The molecule has 0 spiro atoms. The van der Waals surface area contributed by atoms with Crippen LogP contribution >= 0.6 is 0 Å². The van der Waals surface area contributed by atoms with E-state index in [0.717, 1.165) is 5.56 Å². The lowest BCUT2D eigenvalue weighted by atomic mass is 9.97. The topological polar surface area (TPSA) is 17.1 Å². The molecule has 0 radical (unpaired) electrons. The van der Waals surface area contributed by atoms with Crippen LogP contribution in [0.5, 0.6) is 0 Å². The van der Waals surface area contributed by atoms with E-state index in [-0.39, 0.29) is 11.7 Å². The molecule has 74 valence electrons. The highest BCUT2D eigenvalue weighted by atomic mass is 16.1. The fraction of sp³-hybridized carbons (Fsp3) is 0.0714. The van der Waals surface area contributed by atoms with Crippen LogP contribution in [0.4, 0.5) is 0 Å². The molecular formula is C14H12O. The number of Topliss-reactive ketones (excluding diaryl/α,β-unsaturated/α-hetero) is 1. The largest absolute Gasteiger partial charge is 0.293 e. The van der Waals surface area contributed by atoms with E-state index in [4.69, 9.17) is 0 Å². The lowest BCUT2D eigenvalue weighted by Crippen LogP contribution is -2.09. The zero-order valence-electron chi connectivity index (χ0n) is 8.34. The van der Waals surface area contributed by atoms with Gasteiger partial charge >= 0.3 is 0 Å². The Morgan fingerprint density at radius 3 is 2.07 bits per heavy atom. The number of carbonyl (C=O) groups excluding carboxylic acids is 1. The Morgan fingerprint density at radius 1 is 0.867 bits per heavy atom. The van der Waals surface area contributed by atoms with Crippen LogP contribution in [0.3, 0.4) is 0 Å². The first-order chi connectivity index (χ1) is 7.38. The van der Waals surface area contributed by atoms with Gasteiger partial charge in [0.1, 0.15) is 0 Å². The van der Waals surface area contributed by atoms with E-state index < -0.39 is 0 Å². The molecule has 2 rings (SSSR count). The highest BCUT2D eigenvalue weighted by Crippen LogP contribution is 2.13. The van der Waals surface area contributed by atoms with E-state index in [1.807, 2.05) is 66.8 Å². The van der Waals surface area contributed by atoms with Crippen LogP contribution in [-0.2, 0) is 0 Å². The minimum absolute atomic E-state index is 0.137. The van der Waals surface area contributed by atoms with Crippen LogP contribution < -0.4 is 0 Å². The van der Waals surface area contributed by atoms with Crippen molar-refractivity contribution in [2.45, 2.75) is 0 Å². The van der Waals surface area contributed by atoms with Crippen molar-refractivity contribution < 1.29 is 4.79 Å². The van der Waals surface area contributed by atoms with Crippen molar-refractivity contribution in [1.29, 1.82) is 0 Å². The van der Waals surface area contributed by atoms with Crippen molar-refractivity contribution in [2.24, 2.45) is 5.92 Å². The highest BCUT2D eigenvalue weighted by molar-refractivity contribution is 6.00. The van der Waals surface area contributed by atoms with E-state index in [1.165, 1.54) is 0 Å². The monoisotopic (exact) mass is 196 g/mol. The van der Waals surface area contributed by atoms with Crippen LogP contribution in [0.1, 0.15) is 10.4 Å². The van der Waals surface area contributed by atoms with Gasteiger partial charge in [-0.05, 0) is 0 Å². The fourth-order valence-electron chi connectivity index (χ4n) is 1.53. The Kier molecular flexibility index (Phi) is 2.93. The van der Waals surface area contributed by atoms with Crippen molar-refractivity contribution in [3.63, 3.8) is 0 Å². The third-order valence-electron chi connectivity index (χ3n) is 2.33. The number of carbonyl (C=O) groups is 1. The first-order valence-electron chi connectivity index (χ1n) is 4.99. The van der Waals surface area contributed by atoms with Crippen molar-refractivity contribution in [3.8, 4) is 0 Å². The maximum atomic E-state index is 12.0. The Morgan fingerprint density at radius 2 is 1.47 bits per heavy atom. The van der Waals surface area contributed by atoms with E-state index in [9.17, 15) is 4.79 Å². The number of ketones is 1. The molecule has 0 saturated heterocycles. The average molecular weight is 196 g/mol. The van der Waals surface area contributed by atoms with Gasteiger partial charge in [0.2, 0.25) is 0 Å². The van der Waals surface area contributed by atoms with Gasteiger partial charge in [-0.2, -0.15) is 0 Å². The summed E-state index contributed by atoms with van der Waals surface area (Å²) in [5, 5.41) is 0. The molecule has 1 aliphatic carbocycles. The Balaban J connectivity index is 2.22. The zero-order valence-corrected chi connectivity index (χ0v) is 8.34. The summed E-state index contributed by atoms with van der Waals surface area (Å²) < 4.78 is 0. The van der Waals surface area contributed by atoms with E-state index in [2.05, 4.69) is 0 Å². The van der Waals surface area contributed by atoms with Crippen molar-refractivity contribution in [2.75, 3.05) is 0 Å². The minimum atomic E-state index is -0.137. The maximum absolute atomic E-state index is 12.0. The maximum Gasteiger partial charge on any atom is 0.173 e. The SMILES string of the molecule is O=C(c1ccccc1)C1C=CC=CC=C1. The number of allylic oxidation sites excluding steroid dienone is 6. The Bertz CT molecular complexity index is 408. The summed E-state index contributed by atoms with van der Waals surface area (Å²) in [7, 11) is 0. The second kappa shape index (κ2) is 4.56. The fourth-order valence-corrected chi connectivity index (χ4v) is 1.53. The molecule has 0 aromatic heterocycles. The standard InChI is InChI=1S/C14H12O/c15-14(13-10-6-3-7-11-13)12-8-4-1-2-5-9-12/h1-12H. The molecule has 0 unspecified atom stereocenters. The molecular weight excluding hydrogens is 184 g/mol. The Hall–Kier alpha value is -1.89. The molecule has 1 heteroatoms. The molecule has 0 atom stereocenters. The smallest absolute Gasteiger partial charge is 0.173 e. The van der Waals surface area contributed by atoms with Crippen LogP contribution in [0, 0.1) is 5.92 Å². The van der Waals surface area contributed by atoms with Crippen LogP contribution in [-0.4, -0.2) is 5.78 Å². The number of benzene rings is 1. The first kappa shape index (κ1) is 9.66. The van der Waals surface area contributed by atoms with Crippen molar-refractivity contribution in [3.05, 3.63) is 72.4 Å². The Labute approximate surface area is 89.4 Å². The summed E-state index contributed by atoms with van der Waals surface area (Å²) in [6.45, 7) is 0. The molecule has 0 heterocycles.